The molecular formula is C10H22O3. The Hall–Kier alpha value is -0.570. The van der Waals surface area contributed by atoms with Crippen molar-refractivity contribution in [2.24, 2.45) is 11.8 Å². The van der Waals surface area contributed by atoms with Crippen LogP contribution in [0, 0.1) is 11.8 Å². The summed E-state index contributed by atoms with van der Waals surface area (Å²) in [7, 11) is 0. The van der Waals surface area contributed by atoms with Crippen LogP contribution in [0.15, 0.2) is 0 Å². The molecule has 0 radical (unpaired) electrons. The van der Waals surface area contributed by atoms with Crippen LogP contribution in [0.25, 0.3) is 0 Å². The summed E-state index contributed by atoms with van der Waals surface area (Å²) in [5.74, 6) is 0.688. The van der Waals surface area contributed by atoms with Gasteiger partial charge in [0.05, 0.1) is 6.61 Å². The van der Waals surface area contributed by atoms with E-state index in [1.807, 2.05) is 27.7 Å². The van der Waals surface area contributed by atoms with E-state index >= 15 is 0 Å². The van der Waals surface area contributed by atoms with Crippen LogP contribution in [-0.2, 0) is 9.53 Å². The number of hydrogen-bond donors (Lipinski definition) is 1. The Morgan fingerprint density at radius 1 is 1.23 bits per heavy atom. The minimum absolute atomic E-state index is 0.196. The van der Waals surface area contributed by atoms with Gasteiger partial charge in [0.1, 0.15) is 0 Å². The molecule has 3 heteroatoms. The molecule has 0 aliphatic heterocycles. The van der Waals surface area contributed by atoms with Gasteiger partial charge in [0, 0.05) is 13.5 Å². The van der Waals surface area contributed by atoms with E-state index < -0.39 is 0 Å². The van der Waals surface area contributed by atoms with Gasteiger partial charge in [-0.25, -0.2) is 0 Å². The van der Waals surface area contributed by atoms with Gasteiger partial charge in [0.25, 0.3) is 0 Å². The Morgan fingerprint density at radius 3 is 1.69 bits per heavy atom. The van der Waals surface area contributed by atoms with Crippen molar-refractivity contribution in [2.75, 3.05) is 13.2 Å². The molecule has 0 atom stereocenters. The maximum Gasteiger partial charge on any atom is 0.302 e. The number of esters is 1. The van der Waals surface area contributed by atoms with E-state index in [1.165, 1.54) is 6.92 Å². The third kappa shape index (κ3) is 24.6. The summed E-state index contributed by atoms with van der Waals surface area (Å²) in [6, 6.07) is 0. The first-order chi connectivity index (χ1) is 5.90. The van der Waals surface area contributed by atoms with E-state index in [2.05, 4.69) is 4.74 Å². The summed E-state index contributed by atoms with van der Waals surface area (Å²) in [6.07, 6.45) is 0. The zero-order valence-corrected chi connectivity index (χ0v) is 9.33. The van der Waals surface area contributed by atoms with Gasteiger partial charge in [0.2, 0.25) is 0 Å². The Morgan fingerprint density at radius 2 is 1.62 bits per heavy atom. The fraction of sp³-hybridized carbons (Fsp3) is 0.900. The standard InChI is InChI=1S/C6H12O2.C4H10O/c1-5(2)4-8-6(3)7;1-4(2)3-5/h5H,4H2,1-3H3;4-5H,3H2,1-2H3. The Labute approximate surface area is 81.1 Å². The monoisotopic (exact) mass is 190 g/mol. The van der Waals surface area contributed by atoms with Gasteiger partial charge in [-0.3, -0.25) is 4.79 Å². The maximum atomic E-state index is 10.1. The Balaban J connectivity index is 0. The van der Waals surface area contributed by atoms with E-state index in [4.69, 9.17) is 5.11 Å². The zero-order valence-electron chi connectivity index (χ0n) is 9.33. The van der Waals surface area contributed by atoms with Crippen LogP contribution in [0.4, 0.5) is 0 Å². The molecule has 1 N–H and O–H groups in total. The SMILES string of the molecule is CC(=O)OCC(C)C.CC(C)CO. The van der Waals surface area contributed by atoms with E-state index in [0.29, 0.717) is 25.0 Å². The van der Waals surface area contributed by atoms with Crippen LogP contribution in [0.5, 0.6) is 0 Å². The molecule has 0 spiro atoms. The average Bonchev–Trinajstić information content (AvgIpc) is 2.02. The van der Waals surface area contributed by atoms with E-state index in [0.717, 1.165) is 0 Å². The molecule has 13 heavy (non-hydrogen) atoms. The second kappa shape index (κ2) is 9.52. The first kappa shape index (κ1) is 14.9. The van der Waals surface area contributed by atoms with Gasteiger partial charge in [-0.05, 0) is 11.8 Å². The molecule has 0 bridgehead atoms. The topological polar surface area (TPSA) is 46.5 Å². The van der Waals surface area contributed by atoms with Gasteiger partial charge in [-0.1, -0.05) is 27.7 Å². The molecule has 80 valence electrons. The van der Waals surface area contributed by atoms with Crippen LogP contribution in [0.3, 0.4) is 0 Å². The number of aliphatic hydroxyl groups excluding tert-OH is 1. The van der Waals surface area contributed by atoms with Crippen molar-refractivity contribution in [1.82, 2.24) is 0 Å². The normalized spacial score (nSPS) is 9.54. The minimum atomic E-state index is -0.196. The molecule has 0 aromatic heterocycles. The number of hydrogen-bond acceptors (Lipinski definition) is 3. The zero-order chi connectivity index (χ0) is 10.9. The van der Waals surface area contributed by atoms with Crippen molar-refractivity contribution >= 4 is 5.97 Å². The third-order valence-corrected chi connectivity index (χ3v) is 0.985. The van der Waals surface area contributed by atoms with E-state index in [-0.39, 0.29) is 5.97 Å². The number of rotatable bonds is 3. The van der Waals surface area contributed by atoms with Crippen LogP contribution in [0.2, 0.25) is 0 Å². The summed E-state index contributed by atoms with van der Waals surface area (Å²) >= 11 is 0. The molecule has 0 saturated carbocycles. The van der Waals surface area contributed by atoms with Gasteiger partial charge < -0.3 is 9.84 Å². The summed E-state index contributed by atoms with van der Waals surface area (Å²) in [4.78, 5) is 10.1. The highest BCUT2D eigenvalue weighted by molar-refractivity contribution is 5.65. The van der Waals surface area contributed by atoms with Gasteiger partial charge in [0.15, 0.2) is 0 Å². The number of carbonyl (C=O) groups is 1. The Bertz CT molecular complexity index is 119. The molecule has 3 nitrogen and oxygen atoms in total. The second-order valence-corrected chi connectivity index (χ2v) is 3.77. The highest BCUT2D eigenvalue weighted by Gasteiger charge is 1.94. The quantitative estimate of drug-likeness (QED) is 0.691. The lowest BCUT2D eigenvalue weighted by Gasteiger charge is -2.02. The highest BCUT2D eigenvalue weighted by atomic mass is 16.5. The van der Waals surface area contributed by atoms with Gasteiger partial charge >= 0.3 is 5.97 Å². The van der Waals surface area contributed by atoms with Crippen molar-refractivity contribution in [3.8, 4) is 0 Å². The summed E-state index contributed by atoms with van der Waals surface area (Å²) in [6.45, 7) is 10.2. The Kier molecular flexibility index (Phi) is 10.9. The fourth-order valence-corrected chi connectivity index (χ4v) is 0.284. The lowest BCUT2D eigenvalue weighted by molar-refractivity contribution is -0.141. The molecule has 0 aliphatic carbocycles. The molecule has 0 fully saturated rings. The van der Waals surface area contributed by atoms with E-state index in [1.54, 1.807) is 0 Å². The summed E-state index contributed by atoms with van der Waals surface area (Å²) in [5.41, 5.74) is 0. The third-order valence-electron chi connectivity index (χ3n) is 0.985. The number of carbonyl (C=O) groups excluding carboxylic acids is 1. The van der Waals surface area contributed by atoms with Gasteiger partial charge in [-0.2, -0.15) is 0 Å². The molecule has 0 rings (SSSR count). The smallest absolute Gasteiger partial charge is 0.302 e. The molecule has 0 aromatic carbocycles. The molecule has 0 unspecified atom stereocenters. The largest absolute Gasteiger partial charge is 0.466 e. The minimum Gasteiger partial charge on any atom is -0.466 e. The summed E-state index contributed by atoms with van der Waals surface area (Å²) < 4.78 is 4.66. The van der Waals surface area contributed by atoms with Crippen LogP contribution in [0.1, 0.15) is 34.6 Å². The van der Waals surface area contributed by atoms with Crippen molar-refractivity contribution in [3.63, 3.8) is 0 Å². The molecule has 0 amide bonds. The number of ether oxygens (including phenoxy) is 1. The van der Waals surface area contributed by atoms with Crippen LogP contribution < -0.4 is 0 Å². The van der Waals surface area contributed by atoms with Gasteiger partial charge in [-0.15, -0.1) is 0 Å². The van der Waals surface area contributed by atoms with Crippen LogP contribution in [-0.4, -0.2) is 24.3 Å². The predicted octanol–water partition coefficient (Wildman–Crippen LogP) is 1.84. The van der Waals surface area contributed by atoms with Crippen molar-refractivity contribution in [2.45, 2.75) is 34.6 Å². The predicted molar refractivity (Wildman–Crippen MR) is 53.4 cm³/mol. The molecule has 0 heterocycles. The molecule has 0 saturated heterocycles. The lowest BCUT2D eigenvalue weighted by Crippen LogP contribution is -2.05. The summed E-state index contributed by atoms with van der Waals surface area (Å²) in [5, 5.41) is 8.14. The fourth-order valence-electron chi connectivity index (χ4n) is 0.284. The van der Waals surface area contributed by atoms with Crippen molar-refractivity contribution in [1.29, 1.82) is 0 Å². The first-order valence-electron chi connectivity index (χ1n) is 4.64. The molecular weight excluding hydrogens is 168 g/mol. The first-order valence-corrected chi connectivity index (χ1v) is 4.64. The van der Waals surface area contributed by atoms with Crippen LogP contribution >= 0.6 is 0 Å². The molecule has 0 aliphatic rings. The average molecular weight is 190 g/mol. The van der Waals surface area contributed by atoms with Crippen molar-refractivity contribution in [3.05, 3.63) is 0 Å². The maximum absolute atomic E-state index is 10.1. The number of aliphatic hydroxyl groups is 1. The highest BCUT2D eigenvalue weighted by Crippen LogP contribution is 1.91. The lowest BCUT2D eigenvalue weighted by atomic mass is 10.2. The van der Waals surface area contributed by atoms with E-state index in [9.17, 15) is 4.79 Å². The molecule has 0 aromatic rings. The van der Waals surface area contributed by atoms with Crippen molar-refractivity contribution < 1.29 is 14.6 Å². The second-order valence-electron chi connectivity index (χ2n) is 3.77.